The number of para-hydroxylation sites is 5. The van der Waals surface area contributed by atoms with E-state index in [1.807, 2.05) is 36.4 Å². The first kappa shape index (κ1) is 59.8. The lowest BCUT2D eigenvalue weighted by atomic mass is 9.75. The normalized spacial score (nSPS) is 14.3. The first-order valence-electron chi connectivity index (χ1n) is 35.3. The minimum atomic E-state index is -0.448. The second-order valence-corrected chi connectivity index (χ2v) is 29.3. The molecule has 6 aromatic heterocycles. The molecule has 104 heavy (non-hydrogen) atoms. The second-order valence-electron chi connectivity index (χ2n) is 28.2. The van der Waals surface area contributed by atoms with E-state index in [0.717, 1.165) is 117 Å². The van der Waals surface area contributed by atoms with Gasteiger partial charge in [-0.15, -0.1) is 11.3 Å². The number of furan rings is 2. The molecule has 2 aliphatic carbocycles. The number of rotatable bonds is 11. The molecule has 0 amide bonds. The Kier molecular flexibility index (Phi) is 13.2. The van der Waals surface area contributed by atoms with Gasteiger partial charge in [0.15, 0.2) is 34.9 Å². The van der Waals surface area contributed by atoms with Crippen LogP contribution in [0.3, 0.4) is 0 Å². The molecule has 0 N–H and O–H groups in total. The van der Waals surface area contributed by atoms with Gasteiger partial charge in [0.2, 0.25) is 0 Å². The molecule has 13 aromatic carbocycles. The number of thiophene rings is 1. The number of fused-ring (bicyclic) bond motifs is 14. The van der Waals surface area contributed by atoms with Crippen LogP contribution < -0.4 is 0 Å². The van der Waals surface area contributed by atoms with E-state index in [9.17, 15) is 0 Å². The Morgan fingerprint density at radius 1 is 0.327 bits per heavy atom. The van der Waals surface area contributed by atoms with E-state index < -0.39 is 5.41 Å². The van der Waals surface area contributed by atoms with Crippen LogP contribution >= 0.6 is 11.3 Å². The minimum absolute atomic E-state index is 0.206. The second kappa shape index (κ2) is 23.0. The van der Waals surface area contributed by atoms with Gasteiger partial charge in [-0.2, -0.15) is 0 Å². The molecule has 0 radical (unpaired) electrons. The largest absolute Gasteiger partial charge is 0.456 e. The zero-order chi connectivity index (χ0) is 68.9. The van der Waals surface area contributed by atoms with Gasteiger partial charge in [0.25, 0.3) is 0 Å². The van der Waals surface area contributed by atoms with Crippen molar-refractivity contribution in [1.29, 1.82) is 0 Å². The zero-order valence-electron chi connectivity index (χ0n) is 56.9. The Morgan fingerprint density at radius 2 is 0.760 bits per heavy atom. The molecule has 0 fully saturated rings. The molecule has 0 saturated heterocycles. The molecule has 1 atom stereocenters. The highest BCUT2D eigenvalue weighted by molar-refractivity contribution is 7.26. The fourth-order valence-electron chi connectivity index (χ4n) is 16.8. The van der Waals surface area contributed by atoms with E-state index in [1.165, 1.54) is 65.4 Å². The lowest BCUT2D eigenvalue weighted by Gasteiger charge is -2.28. The SMILES string of the molecule is CC1(C)c2ccccc2-c2c(-c3nc(-c4ccc(-c5cc6ccccc6o5)cc4)nc(-c4cccc5c4sc4ccc(CC6(C)c7ccccc7-c7c(-c8nc(-c9ccc(-c%10cc%11ccccc%11o%10)cc9)nc(-c9ccccc9-n9c%10ccccc%10c%10ccccc%109)n8)cccc76)cc45)n3)cccc21. The molecule has 19 aromatic rings. The monoisotopic (exact) mass is 1350 g/mol. The molecule has 6 heterocycles. The Morgan fingerprint density at radius 3 is 1.38 bits per heavy atom. The van der Waals surface area contributed by atoms with Gasteiger partial charge in [-0.25, -0.2) is 29.9 Å². The van der Waals surface area contributed by atoms with E-state index in [1.54, 1.807) is 11.3 Å². The average Bonchev–Trinajstić information content (AvgIpc) is 1.55. The minimum Gasteiger partial charge on any atom is -0.456 e. The van der Waals surface area contributed by atoms with Crippen molar-refractivity contribution in [1.82, 2.24) is 34.5 Å². The molecule has 0 bridgehead atoms. The number of benzene rings is 13. The maximum atomic E-state index is 6.36. The fraction of sp³-hybridized carbons (Fsp3) is 0.0638. The van der Waals surface area contributed by atoms with Crippen LogP contribution in [0.15, 0.2) is 312 Å². The Balaban J connectivity index is 0.680. The summed E-state index contributed by atoms with van der Waals surface area (Å²) in [6.45, 7) is 7.04. The van der Waals surface area contributed by atoms with Crippen molar-refractivity contribution in [3.05, 3.63) is 331 Å². The van der Waals surface area contributed by atoms with Crippen LogP contribution in [-0.2, 0) is 17.3 Å². The van der Waals surface area contributed by atoms with E-state index in [2.05, 4.69) is 292 Å². The van der Waals surface area contributed by atoms with Crippen molar-refractivity contribution in [3.8, 4) is 119 Å². The Bertz CT molecular complexity index is 6650. The summed E-state index contributed by atoms with van der Waals surface area (Å²) in [5, 5.41) is 6.84. The van der Waals surface area contributed by atoms with E-state index in [4.69, 9.17) is 38.7 Å². The van der Waals surface area contributed by atoms with Gasteiger partial charge in [-0.1, -0.05) is 257 Å². The molecule has 0 spiro atoms. The van der Waals surface area contributed by atoms with Gasteiger partial charge in [-0.3, -0.25) is 0 Å². The molecule has 2 aliphatic rings. The van der Waals surface area contributed by atoms with Gasteiger partial charge in [0.1, 0.15) is 22.7 Å². The summed E-state index contributed by atoms with van der Waals surface area (Å²) in [4.78, 5) is 32.9. The molecular weight excluding hydrogens is 1290 g/mol. The maximum absolute atomic E-state index is 6.36. The maximum Gasteiger partial charge on any atom is 0.166 e. The van der Waals surface area contributed by atoms with Crippen LogP contribution in [0.1, 0.15) is 48.6 Å². The third-order valence-corrected chi connectivity index (χ3v) is 23.1. The summed E-state index contributed by atoms with van der Waals surface area (Å²) in [5.74, 6) is 5.20. The van der Waals surface area contributed by atoms with Crippen molar-refractivity contribution in [3.63, 3.8) is 0 Å². The predicted octanol–water partition coefficient (Wildman–Crippen LogP) is 24.2. The standard InChI is InChI=1S/C94H61N7O2S/c1-93(2)72-32-11-6-25-65(72)84-68(29-19-34-74(84)93)90-97-88(59-48-44-57(45-49-59)82-53-61-22-5-17-40-80(61)103-82)98-92(100-90)70-31-18-28-64-71-51-55(41-50-83(71)104-86(64)70)54-94(3)73-33-12-7-26-66(73)85-69(30-20-35-75(85)94)91-96-87(58-46-42-56(43-47-58)81-52-60-21-4-16-39-79(60)102-81)95-89(99-91)67-27-10-15-38-78(67)101-76-36-13-8-23-62(76)63-24-9-14-37-77(63)101/h4-53H,54H2,1-3H3. The van der Waals surface area contributed by atoms with Gasteiger partial charge >= 0.3 is 0 Å². The van der Waals surface area contributed by atoms with Gasteiger partial charge in [0.05, 0.1) is 16.7 Å². The fourth-order valence-corrected chi connectivity index (χ4v) is 18.0. The van der Waals surface area contributed by atoms with Crippen LogP contribution in [0.25, 0.3) is 183 Å². The smallest absolute Gasteiger partial charge is 0.166 e. The lowest BCUT2D eigenvalue weighted by Crippen LogP contribution is -2.24. The number of aromatic nitrogens is 7. The summed E-state index contributed by atoms with van der Waals surface area (Å²) < 4.78 is 17.3. The van der Waals surface area contributed by atoms with Crippen LogP contribution in [0.2, 0.25) is 0 Å². The predicted molar refractivity (Wildman–Crippen MR) is 423 cm³/mol. The van der Waals surface area contributed by atoms with Crippen molar-refractivity contribution in [2.24, 2.45) is 0 Å². The molecule has 9 nitrogen and oxygen atoms in total. The first-order chi connectivity index (χ1) is 51.1. The van der Waals surface area contributed by atoms with Gasteiger partial charge in [0, 0.05) is 97.1 Å². The Labute approximate surface area is 602 Å². The summed E-state index contributed by atoms with van der Waals surface area (Å²) in [6.07, 6.45) is 0.738. The van der Waals surface area contributed by atoms with Crippen LogP contribution in [0, 0.1) is 0 Å². The van der Waals surface area contributed by atoms with Crippen molar-refractivity contribution >= 4 is 75.3 Å². The summed E-state index contributed by atoms with van der Waals surface area (Å²) in [6, 6.07) is 108. The summed E-state index contributed by atoms with van der Waals surface area (Å²) in [5.41, 5.74) is 22.6. The molecule has 10 heteroatoms. The van der Waals surface area contributed by atoms with Crippen LogP contribution in [0.5, 0.6) is 0 Å². The molecule has 0 saturated carbocycles. The highest BCUT2D eigenvalue weighted by Gasteiger charge is 2.42. The lowest BCUT2D eigenvalue weighted by molar-refractivity contribution is 0.583. The molecular formula is C94H61N7O2S. The first-order valence-corrected chi connectivity index (χ1v) is 36.2. The molecule has 490 valence electrons. The number of hydrogen-bond acceptors (Lipinski definition) is 9. The quantitative estimate of drug-likeness (QED) is 0.126. The van der Waals surface area contributed by atoms with E-state index in [-0.39, 0.29) is 5.41 Å². The van der Waals surface area contributed by atoms with Crippen molar-refractivity contribution in [2.75, 3.05) is 0 Å². The number of hydrogen-bond donors (Lipinski definition) is 0. The molecule has 21 rings (SSSR count). The van der Waals surface area contributed by atoms with Crippen LogP contribution in [-0.4, -0.2) is 34.5 Å². The van der Waals surface area contributed by atoms with Crippen molar-refractivity contribution < 1.29 is 8.83 Å². The van der Waals surface area contributed by atoms with E-state index in [0.29, 0.717) is 34.9 Å². The highest BCUT2D eigenvalue weighted by Crippen LogP contribution is 2.55. The summed E-state index contributed by atoms with van der Waals surface area (Å²) >= 11 is 1.79. The Hall–Kier alpha value is -13.0. The van der Waals surface area contributed by atoms with Crippen LogP contribution in [0.4, 0.5) is 0 Å². The number of nitrogens with zero attached hydrogens (tertiary/aromatic N) is 7. The zero-order valence-corrected chi connectivity index (χ0v) is 57.7. The van der Waals surface area contributed by atoms with E-state index >= 15 is 0 Å². The van der Waals surface area contributed by atoms with Gasteiger partial charge < -0.3 is 13.4 Å². The third kappa shape index (κ3) is 9.31. The van der Waals surface area contributed by atoms with Gasteiger partial charge in [-0.05, 0) is 123 Å². The molecule has 0 aliphatic heterocycles. The van der Waals surface area contributed by atoms with Crippen molar-refractivity contribution in [2.45, 2.75) is 38.0 Å². The highest BCUT2D eigenvalue weighted by atomic mass is 32.1. The average molecular weight is 1350 g/mol. The summed E-state index contributed by atoms with van der Waals surface area (Å²) in [7, 11) is 0. The topological polar surface area (TPSA) is 109 Å². The third-order valence-electron chi connectivity index (χ3n) is 21.8. The molecule has 1 unspecified atom stereocenters.